The van der Waals surface area contributed by atoms with Gasteiger partial charge in [0.25, 0.3) is 0 Å². The van der Waals surface area contributed by atoms with Crippen molar-refractivity contribution in [3.8, 4) is 11.5 Å². The number of anilines is 1. The van der Waals surface area contributed by atoms with E-state index in [4.69, 9.17) is 4.74 Å². The van der Waals surface area contributed by atoms with Gasteiger partial charge in [0.05, 0.1) is 11.7 Å². The van der Waals surface area contributed by atoms with Crippen molar-refractivity contribution in [2.75, 3.05) is 11.5 Å². The van der Waals surface area contributed by atoms with Crippen LogP contribution in [0.5, 0.6) is 11.5 Å². The van der Waals surface area contributed by atoms with Crippen LogP contribution in [0.3, 0.4) is 0 Å². The highest BCUT2D eigenvalue weighted by atomic mass is 16.5. The van der Waals surface area contributed by atoms with Crippen molar-refractivity contribution in [3.63, 3.8) is 0 Å². The van der Waals surface area contributed by atoms with Gasteiger partial charge < -0.3 is 14.7 Å². The van der Waals surface area contributed by atoms with Crippen LogP contribution in [0, 0.1) is 0 Å². The SMILES string of the molecule is Oc1ccc(C[C@H]2COc3ccccc3N2Cc2ccccc2)cc1. The van der Waals surface area contributed by atoms with E-state index < -0.39 is 0 Å². The number of phenols is 1. The molecule has 0 saturated carbocycles. The van der Waals surface area contributed by atoms with Crippen molar-refractivity contribution >= 4 is 5.69 Å². The quantitative estimate of drug-likeness (QED) is 0.769. The topological polar surface area (TPSA) is 32.7 Å². The zero-order chi connectivity index (χ0) is 17.1. The lowest BCUT2D eigenvalue weighted by Crippen LogP contribution is -2.44. The predicted octanol–water partition coefficient (Wildman–Crippen LogP) is 4.40. The number of rotatable bonds is 4. The third kappa shape index (κ3) is 3.45. The lowest BCUT2D eigenvalue weighted by atomic mass is 10.0. The molecule has 3 aromatic carbocycles. The summed E-state index contributed by atoms with van der Waals surface area (Å²) in [6.45, 7) is 1.51. The van der Waals surface area contributed by atoms with Crippen LogP contribution in [0.15, 0.2) is 78.9 Å². The van der Waals surface area contributed by atoms with Gasteiger partial charge in [0.2, 0.25) is 0 Å². The van der Waals surface area contributed by atoms with E-state index in [0.29, 0.717) is 12.4 Å². The maximum Gasteiger partial charge on any atom is 0.142 e. The highest BCUT2D eigenvalue weighted by molar-refractivity contribution is 5.61. The number of fused-ring (bicyclic) bond motifs is 1. The number of phenolic OH excluding ortho intramolecular Hbond substituents is 1. The second-order valence-electron chi connectivity index (χ2n) is 6.42. The standard InChI is InChI=1S/C22H21NO2/c24-20-12-10-17(11-13-20)14-19-16-25-22-9-5-4-8-21(22)23(19)15-18-6-2-1-3-7-18/h1-13,19,24H,14-16H2/t19-/m0/s1. The minimum atomic E-state index is 0.250. The smallest absolute Gasteiger partial charge is 0.142 e. The molecular formula is C22H21NO2. The number of nitrogens with zero attached hydrogens (tertiary/aromatic N) is 1. The first-order valence-corrected chi connectivity index (χ1v) is 8.60. The van der Waals surface area contributed by atoms with Crippen molar-refractivity contribution in [1.29, 1.82) is 0 Å². The summed E-state index contributed by atoms with van der Waals surface area (Å²) >= 11 is 0. The number of hydrogen-bond donors (Lipinski definition) is 1. The number of aromatic hydroxyl groups is 1. The van der Waals surface area contributed by atoms with Gasteiger partial charge in [-0.1, -0.05) is 54.6 Å². The first-order valence-electron chi connectivity index (χ1n) is 8.60. The van der Waals surface area contributed by atoms with Gasteiger partial charge in [0.15, 0.2) is 0 Å². The highest BCUT2D eigenvalue weighted by Crippen LogP contribution is 2.35. The molecule has 1 N–H and O–H groups in total. The van der Waals surface area contributed by atoms with E-state index in [0.717, 1.165) is 24.4 Å². The molecule has 3 aromatic rings. The Morgan fingerprint density at radius 2 is 1.56 bits per heavy atom. The third-order valence-electron chi connectivity index (χ3n) is 4.65. The van der Waals surface area contributed by atoms with E-state index in [9.17, 15) is 5.11 Å². The average Bonchev–Trinajstić information content (AvgIpc) is 2.66. The Balaban J connectivity index is 1.63. The summed E-state index contributed by atoms with van der Waals surface area (Å²) in [6, 6.07) is 26.5. The summed E-state index contributed by atoms with van der Waals surface area (Å²) in [5.41, 5.74) is 3.63. The zero-order valence-electron chi connectivity index (χ0n) is 14.0. The van der Waals surface area contributed by atoms with E-state index in [-0.39, 0.29) is 6.04 Å². The second kappa shape index (κ2) is 6.89. The molecule has 0 fully saturated rings. The van der Waals surface area contributed by atoms with Crippen molar-refractivity contribution in [2.45, 2.75) is 19.0 Å². The van der Waals surface area contributed by atoms with E-state index in [2.05, 4.69) is 41.3 Å². The molecule has 4 rings (SSSR count). The number of benzene rings is 3. The Kier molecular flexibility index (Phi) is 4.30. The van der Waals surface area contributed by atoms with Crippen molar-refractivity contribution in [1.82, 2.24) is 0 Å². The van der Waals surface area contributed by atoms with E-state index in [1.54, 1.807) is 12.1 Å². The van der Waals surface area contributed by atoms with Gasteiger partial charge in [-0.25, -0.2) is 0 Å². The summed E-state index contributed by atoms with van der Waals surface area (Å²) in [5, 5.41) is 9.50. The van der Waals surface area contributed by atoms with Crippen LogP contribution in [0.2, 0.25) is 0 Å². The van der Waals surface area contributed by atoms with Gasteiger partial charge in [-0.3, -0.25) is 0 Å². The third-order valence-corrected chi connectivity index (χ3v) is 4.65. The summed E-state index contributed by atoms with van der Waals surface area (Å²) in [7, 11) is 0. The Labute approximate surface area is 148 Å². The molecule has 0 radical (unpaired) electrons. The summed E-state index contributed by atoms with van der Waals surface area (Å²) in [5.74, 6) is 1.25. The molecule has 0 bridgehead atoms. The monoisotopic (exact) mass is 331 g/mol. The van der Waals surface area contributed by atoms with Crippen LogP contribution in [-0.2, 0) is 13.0 Å². The molecule has 1 aliphatic rings. The van der Waals surface area contributed by atoms with Crippen molar-refractivity contribution < 1.29 is 9.84 Å². The maximum absolute atomic E-state index is 9.50. The summed E-state index contributed by atoms with van der Waals surface area (Å²) in [6.07, 6.45) is 0.876. The molecule has 0 amide bonds. The largest absolute Gasteiger partial charge is 0.508 e. The Morgan fingerprint density at radius 3 is 2.36 bits per heavy atom. The lowest BCUT2D eigenvalue weighted by Gasteiger charge is -2.39. The number of hydrogen-bond acceptors (Lipinski definition) is 3. The van der Waals surface area contributed by atoms with E-state index in [1.807, 2.05) is 30.3 Å². The molecule has 0 aromatic heterocycles. The summed E-state index contributed by atoms with van der Waals surface area (Å²) in [4.78, 5) is 2.43. The van der Waals surface area contributed by atoms with Crippen LogP contribution >= 0.6 is 0 Å². The fourth-order valence-electron chi connectivity index (χ4n) is 3.36. The normalized spacial score (nSPS) is 16.2. The van der Waals surface area contributed by atoms with Gasteiger partial charge in [-0.2, -0.15) is 0 Å². The van der Waals surface area contributed by atoms with Crippen LogP contribution in [0.25, 0.3) is 0 Å². The average molecular weight is 331 g/mol. The highest BCUT2D eigenvalue weighted by Gasteiger charge is 2.27. The minimum Gasteiger partial charge on any atom is -0.508 e. The van der Waals surface area contributed by atoms with Gasteiger partial charge >= 0.3 is 0 Å². The molecule has 1 aliphatic heterocycles. The van der Waals surface area contributed by atoms with Crippen LogP contribution in [0.1, 0.15) is 11.1 Å². The molecule has 0 spiro atoms. The van der Waals surface area contributed by atoms with Crippen molar-refractivity contribution in [2.24, 2.45) is 0 Å². The van der Waals surface area contributed by atoms with Gasteiger partial charge in [0, 0.05) is 6.54 Å². The first kappa shape index (κ1) is 15.6. The van der Waals surface area contributed by atoms with E-state index >= 15 is 0 Å². The maximum atomic E-state index is 9.50. The van der Waals surface area contributed by atoms with Gasteiger partial charge in [-0.15, -0.1) is 0 Å². The molecule has 0 unspecified atom stereocenters. The van der Waals surface area contributed by atoms with Crippen LogP contribution in [0.4, 0.5) is 5.69 Å². The molecular weight excluding hydrogens is 310 g/mol. The molecule has 1 atom stereocenters. The molecule has 25 heavy (non-hydrogen) atoms. The Morgan fingerprint density at radius 1 is 0.840 bits per heavy atom. The predicted molar refractivity (Wildman–Crippen MR) is 100 cm³/mol. The number of ether oxygens (including phenoxy) is 1. The first-order chi connectivity index (χ1) is 12.3. The van der Waals surface area contributed by atoms with Gasteiger partial charge in [0.1, 0.15) is 18.1 Å². The Hall–Kier alpha value is -2.94. The number of para-hydroxylation sites is 2. The molecule has 3 heteroatoms. The van der Waals surface area contributed by atoms with E-state index in [1.165, 1.54) is 11.1 Å². The molecule has 0 aliphatic carbocycles. The molecule has 1 heterocycles. The lowest BCUT2D eigenvalue weighted by molar-refractivity contribution is 0.259. The minimum absolute atomic E-state index is 0.250. The molecule has 126 valence electrons. The molecule has 0 saturated heterocycles. The molecule has 3 nitrogen and oxygen atoms in total. The second-order valence-corrected chi connectivity index (χ2v) is 6.42. The van der Waals surface area contributed by atoms with Crippen LogP contribution < -0.4 is 9.64 Å². The Bertz CT molecular complexity index is 830. The fraction of sp³-hybridized carbons (Fsp3) is 0.182. The summed E-state index contributed by atoms with van der Waals surface area (Å²) < 4.78 is 6.01. The van der Waals surface area contributed by atoms with Crippen molar-refractivity contribution in [3.05, 3.63) is 90.0 Å². The fourth-order valence-corrected chi connectivity index (χ4v) is 3.36. The zero-order valence-corrected chi connectivity index (χ0v) is 14.0. The van der Waals surface area contributed by atoms with Crippen LogP contribution in [-0.4, -0.2) is 17.8 Å². The van der Waals surface area contributed by atoms with Gasteiger partial charge in [-0.05, 0) is 41.8 Å².